The average molecular weight is 259 g/mol. The monoisotopic (exact) mass is 259 g/mol. The highest BCUT2D eigenvalue weighted by Gasteiger charge is 2.27. The molecule has 1 saturated heterocycles. The summed E-state index contributed by atoms with van der Waals surface area (Å²) in [5, 5.41) is 9.35. The quantitative estimate of drug-likeness (QED) is 0.902. The van der Waals surface area contributed by atoms with Gasteiger partial charge in [0.25, 0.3) is 0 Å². The molecule has 1 heterocycles. The molecule has 4 heteroatoms. The zero-order valence-electron chi connectivity index (χ0n) is 11.6. The lowest BCUT2D eigenvalue weighted by molar-refractivity contribution is 0.0299. The Hall–Kier alpha value is -1.57. The van der Waals surface area contributed by atoms with E-state index in [1.807, 2.05) is 18.2 Å². The smallest absolute Gasteiger partial charge is 0.101 e. The van der Waals surface area contributed by atoms with E-state index in [1.54, 1.807) is 0 Å². The molecule has 2 atom stereocenters. The molecule has 0 bridgehead atoms. The first-order chi connectivity index (χ1) is 9.19. The van der Waals surface area contributed by atoms with Gasteiger partial charge in [-0.25, -0.2) is 0 Å². The van der Waals surface area contributed by atoms with Crippen molar-refractivity contribution in [3.05, 3.63) is 29.3 Å². The Morgan fingerprint density at radius 3 is 2.95 bits per heavy atom. The second-order valence-electron chi connectivity index (χ2n) is 5.03. The number of hydrogen-bond acceptors (Lipinski definition) is 4. The van der Waals surface area contributed by atoms with Crippen LogP contribution in [0.1, 0.15) is 31.4 Å². The molecule has 2 unspecified atom stereocenters. The van der Waals surface area contributed by atoms with Crippen LogP contribution in [-0.4, -0.2) is 25.3 Å². The van der Waals surface area contributed by atoms with Gasteiger partial charge in [0.15, 0.2) is 0 Å². The topological polar surface area (TPSA) is 62.3 Å². The van der Waals surface area contributed by atoms with Crippen LogP contribution >= 0.6 is 0 Å². The van der Waals surface area contributed by atoms with Gasteiger partial charge in [0, 0.05) is 13.1 Å². The van der Waals surface area contributed by atoms with Crippen LogP contribution in [0.2, 0.25) is 0 Å². The summed E-state index contributed by atoms with van der Waals surface area (Å²) in [6, 6.07) is 8.54. The minimum atomic E-state index is 0.198. The van der Waals surface area contributed by atoms with E-state index in [2.05, 4.69) is 24.8 Å². The molecular formula is C15H21N3O. The number of nitriles is 1. The van der Waals surface area contributed by atoms with E-state index in [9.17, 15) is 5.26 Å². The zero-order valence-corrected chi connectivity index (χ0v) is 11.6. The third-order valence-corrected chi connectivity index (χ3v) is 3.67. The van der Waals surface area contributed by atoms with Crippen LogP contribution in [0.3, 0.4) is 0 Å². The van der Waals surface area contributed by atoms with Crippen molar-refractivity contribution in [2.75, 3.05) is 18.1 Å². The van der Waals surface area contributed by atoms with Crippen LogP contribution in [-0.2, 0) is 11.3 Å². The number of rotatable bonds is 3. The van der Waals surface area contributed by atoms with Crippen molar-refractivity contribution >= 4 is 5.69 Å². The maximum atomic E-state index is 9.35. The lowest BCUT2D eigenvalue weighted by atomic mass is 10.0. The van der Waals surface area contributed by atoms with E-state index >= 15 is 0 Å². The first-order valence-electron chi connectivity index (χ1n) is 6.81. The van der Waals surface area contributed by atoms with Crippen LogP contribution in [0.15, 0.2) is 18.2 Å². The summed E-state index contributed by atoms with van der Waals surface area (Å²) in [6.45, 7) is 6.23. The Bertz CT molecular complexity index is 481. The second-order valence-corrected chi connectivity index (χ2v) is 5.03. The van der Waals surface area contributed by atoms with Crippen LogP contribution in [0.5, 0.6) is 0 Å². The summed E-state index contributed by atoms with van der Waals surface area (Å²) in [4.78, 5) is 2.30. The summed E-state index contributed by atoms with van der Waals surface area (Å²) in [5.74, 6) is 0. The van der Waals surface area contributed by atoms with Gasteiger partial charge < -0.3 is 15.4 Å². The predicted molar refractivity (Wildman–Crippen MR) is 75.9 cm³/mol. The SMILES string of the molecule is CCC1COC(C)CN1c1ccc(CN)cc1C#N. The number of nitrogens with two attached hydrogens (primary N) is 1. The van der Waals surface area contributed by atoms with Crippen molar-refractivity contribution in [1.82, 2.24) is 0 Å². The molecule has 0 amide bonds. The Kier molecular flexibility index (Phi) is 4.41. The fourth-order valence-corrected chi connectivity index (χ4v) is 2.53. The first kappa shape index (κ1) is 13.9. The molecule has 1 fully saturated rings. The molecule has 0 aliphatic carbocycles. The van der Waals surface area contributed by atoms with Gasteiger partial charge >= 0.3 is 0 Å². The maximum absolute atomic E-state index is 9.35. The van der Waals surface area contributed by atoms with Crippen molar-refractivity contribution in [3.63, 3.8) is 0 Å². The number of morpholine rings is 1. The van der Waals surface area contributed by atoms with Gasteiger partial charge in [-0.1, -0.05) is 13.0 Å². The number of nitrogens with zero attached hydrogens (tertiary/aromatic N) is 2. The third-order valence-electron chi connectivity index (χ3n) is 3.67. The molecule has 0 aromatic heterocycles. The molecule has 2 rings (SSSR count). The number of hydrogen-bond donors (Lipinski definition) is 1. The fraction of sp³-hybridized carbons (Fsp3) is 0.533. The van der Waals surface area contributed by atoms with Gasteiger partial charge in [0.05, 0.1) is 30.0 Å². The summed E-state index contributed by atoms with van der Waals surface area (Å²) in [5.41, 5.74) is 8.34. The van der Waals surface area contributed by atoms with Gasteiger partial charge in [0.2, 0.25) is 0 Å². The second kappa shape index (κ2) is 6.05. The van der Waals surface area contributed by atoms with E-state index in [0.717, 1.165) is 30.8 Å². The van der Waals surface area contributed by atoms with Crippen LogP contribution in [0, 0.1) is 11.3 Å². The largest absolute Gasteiger partial charge is 0.375 e. The molecule has 1 aliphatic heterocycles. The maximum Gasteiger partial charge on any atom is 0.101 e. The summed E-state index contributed by atoms with van der Waals surface area (Å²) < 4.78 is 5.71. The predicted octanol–water partition coefficient (Wildman–Crippen LogP) is 2.02. The fourth-order valence-electron chi connectivity index (χ4n) is 2.53. The highest BCUT2D eigenvalue weighted by atomic mass is 16.5. The molecule has 19 heavy (non-hydrogen) atoms. The number of benzene rings is 1. The Morgan fingerprint density at radius 1 is 1.53 bits per heavy atom. The lowest BCUT2D eigenvalue weighted by Crippen LogP contribution is -2.49. The molecule has 0 spiro atoms. The molecule has 1 aromatic rings. The van der Waals surface area contributed by atoms with E-state index in [4.69, 9.17) is 10.5 Å². The van der Waals surface area contributed by atoms with Crippen molar-refractivity contribution in [2.45, 2.75) is 39.0 Å². The van der Waals surface area contributed by atoms with E-state index in [0.29, 0.717) is 18.2 Å². The van der Waals surface area contributed by atoms with Crippen molar-refractivity contribution in [3.8, 4) is 6.07 Å². The summed E-state index contributed by atoms with van der Waals surface area (Å²) >= 11 is 0. The highest BCUT2D eigenvalue weighted by molar-refractivity contribution is 5.61. The van der Waals surface area contributed by atoms with Gasteiger partial charge in [-0.05, 0) is 31.0 Å². The van der Waals surface area contributed by atoms with Crippen LogP contribution in [0.25, 0.3) is 0 Å². The summed E-state index contributed by atoms with van der Waals surface area (Å²) in [6.07, 6.45) is 1.21. The molecule has 0 saturated carbocycles. The standard InChI is InChI=1S/C15H21N3O/c1-3-14-10-19-11(2)9-18(14)15-5-4-12(7-16)6-13(15)8-17/h4-6,11,14H,3,7,9-10,16H2,1-2H3. The van der Waals surface area contributed by atoms with E-state index in [1.165, 1.54) is 0 Å². The highest BCUT2D eigenvalue weighted by Crippen LogP contribution is 2.27. The van der Waals surface area contributed by atoms with Crippen LogP contribution < -0.4 is 10.6 Å². The van der Waals surface area contributed by atoms with Crippen LogP contribution in [0.4, 0.5) is 5.69 Å². The van der Waals surface area contributed by atoms with Gasteiger partial charge in [0.1, 0.15) is 6.07 Å². The Labute approximate surface area is 114 Å². The van der Waals surface area contributed by atoms with Crippen molar-refractivity contribution in [2.24, 2.45) is 5.73 Å². The molecular weight excluding hydrogens is 238 g/mol. The third kappa shape index (κ3) is 2.89. The molecule has 0 radical (unpaired) electrons. The van der Waals surface area contributed by atoms with Gasteiger partial charge in [-0.15, -0.1) is 0 Å². The molecule has 2 N–H and O–H groups in total. The summed E-state index contributed by atoms with van der Waals surface area (Å²) in [7, 11) is 0. The van der Waals surface area contributed by atoms with E-state index < -0.39 is 0 Å². The van der Waals surface area contributed by atoms with Crippen molar-refractivity contribution in [1.29, 1.82) is 5.26 Å². The average Bonchev–Trinajstić information content (AvgIpc) is 2.46. The van der Waals surface area contributed by atoms with Crippen molar-refractivity contribution < 1.29 is 4.74 Å². The number of anilines is 1. The Balaban J connectivity index is 2.36. The molecule has 1 aliphatic rings. The van der Waals surface area contributed by atoms with E-state index in [-0.39, 0.29) is 6.10 Å². The number of ether oxygens (including phenoxy) is 1. The zero-order chi connectivity index (χ0) is 13.8. The molecule has 1 aromatic carbocycles. The van der Waals surface area contributed by atoms with Gasteiger partial charge in [-0.2, -0.15) is 5.26 Å². The Morgan fingerprint density at radius 2 is 2.32 bits per heavy atom. The first-order valence-corrected chi connectivity index (χ1v) is 6.81. The molecule has 4 nitrogen and oxygen atoms in total. The lowest BCUT2D eigenvalue weighted by Gasteiger charge is -2.40. The minimum absolute atomic E-state index is 0.198. The minimum Gasteiger partial charge on any atom is -0.375 e. The van der Waals surface area contributed by atoms with Gasteiger partial charge in [-0.3, -0.25) is 0 Å². The molecule has 102 valence electrons. The normalized spacial score (nSPS) is 23.2.